The molecule has 3 aromatic heterocycles. The largest absolute Gasteiger partial charge is 0.292 e. The van der Waals surface area contributed by atoms with Crippen LogP contribution in [0.3, 0.4) is 0 Å². The summed E-state index contributed by atoms with van der Waals surface area (Å²) < 4.78 is 2.24. The van der Waals surface area contributed by atoms with Crippen LogP contribution in [0.25, 0.3) is 28.1 Å². The van der Waals surface area contributed by atoms with Gasteiger partial charge in [-0.25, -0.2) is 24.9 Å². The average molecular weight is 1080 g/mol. The number of aromatic nitrogens is 4. The van der Waals surface area contributed by atoms with Crippen molar-refractivity contribution >= 4 is 45.5 Å². The Hall–Kier alpha value is -8.68. The Morgan fingerprint density at radius 2 is 0.695 bits per heavy atom. The van der Waals surface area contributed by atoms with Crippen LogP contribution in [0.5, 0.6) is 0 Å². The van der Waals surface area contributed by atoms with Gasteiger partial charge in [0.05, 0.1) is 33.9 Å². The molecular weight excluding hydrogens is 999 g/mol. The van der Waals surface area contributed by atoms with Gasteiger partial charge in [0, 0.05) is 54.0 Å². The molecule has 3 aliphatic rings. The first-order valence-corrected chi connectivity index (χ1v) is 28.8. The maximum atomic E-state index is 4.91. The summed E-state index contributed by atoms with van der Waals surface area (Å²) in [5.74, 6) is 2.72. The fourth-order valence-electron chi connectivity index (χ4n) is 10.3. The van der Waals surface area contributed by atoms with E-state index in [1.807, 2.05) is 30.3 Å². The molecule has 0 saturated heterocycles. The fourth-order valence-corrected chi connectivity index (χ4v) is 10.3. The number of nitrogens with zero attached hydrogens (tertiary/aromatic N) is 7. The number of aliphatic imine (C=N–C) groups is 3. The number of para-hydroxylation sites is 4. The summed E-state index contributed by atoms with van der Waals surface area (Å²) in [6, 6.07) is 70.4. The lowest BCUT2D eigenvalue weighted by Gasteiger charge is -2.19. The number of hydrogen-bond acceptors (Lipinski definition) is 6. The molecule has 0 amide bonds. The third-order valence-electron chi connectivity index (χ3n) is 15.4. The standard InChI is InChI=1S/C23H22N2.C18H19N.2C17H18N2/c1-23(2,3)18-15-13-17(14-16-18)22-24-20-11-7-8-12-21(20)25(22)19-9-5-4-6-10-19;1-18(2,3)15-10-8-13(9-11-15)17-12-14-6-4-5-7-16(14)19-17;2*1-17(2,3)14-8-6-12(7-9-14)15-11-13-5-4-10-18-16(13)19-15/h4-16H,1-3H3;4-11H,12H2,1-3H3;2*4-10H,11H2,1-3H3. The molecule has 0 aliphatic carbocycles. The lowest BCUT2D eigenvalue weighted by atomic mass is 9.86. The van der Waals surface area contributed by atoms with Crippen LogP contribution in [0.4, 0.5) is 17.3 Å². The van der Waals surface area contributed by atoms with Gasteiger partial charge in [-0.3, -0.25) is 9.56 Å². The highest BCUT2D eigenvalue weighted by atomic mass is 15.1. The second kappa shape index (κ2) is 23.4. The van der Waals surface area contributed by atoms with Gasteiger partial charge in [0.25, 0.3) is 0 Å². The van der Waals surface area contributed by atoms with Crippen LogP contribution < -0.4 is 0 Å². The molecule has 0 saturated carbocycles. The molecule has 0 spiro atoms. The maximum absolute atomic E-state index is 4.91. The van der Waals surface area contributed by atoms with Crippen LogP contribution >= 0.6 is 0 Å². The van der Waals surface area contributed by atoms with Crippen molar-refractivity contribution in [3.05, 3.63) is 268 Å². The average Bonchev–Trinajstić information content (AvgIpc) is 4.50. The minimum atomic E-state index is 0.151. The summed E-state index contributed by atoms with van der Waals surface area (Å²) in [5.41, 5.74) is 22.5. The molecule has 0 fully saturated rings. The molecule has 412 valence electrons. The highest BCUT2D eigenvalue weighted by Gasteiger charge is 2.22. The fraction of sp³-hybridized carbons (Fsp3) is 0.253. The van der Waals surface area contributed by atoms with Gasteiger partial charge in [-0.05, 0) is 109 Å². The third-order valence-corrected chi connectivity index (χ3v) is 15.4. The predicted octanol–water partition coefficient (Wildman–Crippen LogP) is 18.8. The number of hydrogen-bond donors (Lipinski definition) is 0. The number of pyridine rings is 2. The molecule has 7 aromatic carbocycles. The smallest absolute Gasteiger partial charge is 0.155 e. The lowest BCUT2D eigenvalue weighted by molar-refractivity contribution is 0.590. The Bertz CT molecular complexity index is 3650. The zero-order chi connectivity index (χ0) is 57.8. The second-order valence-electron chi connectivity index (χ2n) is 25.7. The van der Waals surface area contributed by atoms with E-state index in [0.29, 0.717) is 0 Å². The molecule has 13 rings (SSSR count). The third kappa shape index (κ3) is 13.2. The second-order valence-corrected chi connectivity index (χ2v) is 25.7. The number of fused-ring (bicyclic) bond motifs is 4. The van der Waals surface area contributed by atoms with Crippen molar-refractivity contribution in [2.45, 2.75) is 124 Å². The van der Waals surface area contributed by atoms with Crippen LogP contribution in [-0.4, -0.2) is 36.7 Å². The summed E-state index contributed by atoms with van der Waals surface area (Å²) in [6.45, 7) is 26.8. The monoisotopic (exact) mass is 1080 g/mol. The Morgan fingerprint density at radius 1 is 0.329 bits per heavy atom. The van der Waals surface area contributed by atoms with Crippen LogP contribution in [0.2, 0.25) is 0 Å². The molecule has 82 heavy (non-hydrogen) atoms. The first-order valence-electron chi connectivity index (χ1n) is 28.8. The van der Waals surface area contributed by atoms with E-state index in [9.17, 15) is 0 Å². The van der Waals surface area contributed by atoms with Gasteiger partial charge < -0.3 is 0 Å². The van der Waals surface area contributed by atoms with Crippen molar-refractivity contribution in [3.63, 3.8) is 0 Å². The predicted molar refractivity (Wildman–Crippen MR) is 345 cm³/mol. The Kier molecular flexibility index (Phi) is 16.2. The normalized spacial score (nSPS) is 13.4. The summed E-state index contributed by atoms with van der Waals surface area (Å²) in [7, 11) is 0. The molecule has 10 aromatic rings. The Balaban J connectivity index is 0.000000123. The molecule has 3 aliphatic heterocycles. The van der Waals surface area contributed by atoms with Crippen molar-refractivity contribution < 1.29 is 0 Å². The van der Waals surface area contributed by atoms with Crippen LogP contribution in [-0.2, 0) is 40.9 Å². The van der Waals surface area contributed by atoms with Gasteiger partial charge in [-0.2, -0.15) is 0 Å². The molecular formula is C75H77N7. The van der Waals surface area contributed by atoms with Gasteiger partial charge in [-0.1, -0.05) is 241 Å². The molecule has 7 nitrogen and oxygen atoms in total. The lowest BCUT2D eigenvalue weighted by Crippen LogP contribution is -2.11. The van der Waals surface area contributed by atoms with Gasteiger partial charge in [-0.15, -0.1) is 0 Å². The first-order chi connectivity index (χ1) is 39.2. The molecule has 0 unspecified atom stereocenters. The number of benzene rings is 7. The van der Waals surface area contributed by atoms with Crippen molar-refractivity contribution in [2.24, 2.45) is 15.0 Å². The minimum Gasteiger partial charge on any atom is -0.292 e. The summed E-state index contributed by atoms with van der Waals surface area (Å²) >= 11 is 0. The van der Waals surface area contributed by atoms with Crippen LogP contribution in [0, 0.1) is 0 Å². The van der Waals surface area contributed by atoms with E-state index in [-0.39, 0.29) is 21.7 Å². The summed E-state index contributed by atoms with van der Waals surface area (Å²) in [6.07, 6.45) is 6.32. The van der Waals surface area contributed by atoms with Gasteiger partial charge in [0.2, 0.25) is 0 Å². The van der Waals surface area contributed by atoms with Gasteiger partial charge in [0.15, 0.2) is 11.6 Å². The Labute approximate surface area is 486 Å². The molecule has 6 heterocycles. The molecule has 0 N–H and O–H groups in total. The zero-order valence-corrected chi connectivity index (χ0v) is 50.0. The van der Waals surface area contributed by atoms with E-state index in [1.54, 1.807) is 12.4 Å². The number of rotatable bonds is 5. The van der Waals surface area contributed by atoms with Crippen molar-refractivity contribution in [2.75, 3.05) is 0 Å². The zero-order valence-electron chi connectivity index (χ0n) is 50.0. The topological polar surface area (TPSA) is 80.7 Å². The van der Waals surface area contributed by atoms with E-state index in [2.05, 4.69) is 277 Å². The quantitative estimate of drug-likeness (QED) is 0.172. The summed E-state index contributed by atoms with van der Waals surface area (Å²) in [4.78, 5) is 27.5. The Morgan fingerprint density at radius 3 is 1.12 bits per heavy atom. The van der Waals surface area contributed by atoms with E-state index in [1.165, 1.54) is 61.3 Å². The van der Waals surface area contributed by atoms with E-state index in [0.717, 1.165) is 76.1 Å². The minimum absolute atomic E-state index is 0.151. The highest BCUT2D eigenvalue weighted by Crippen LogP contribution is 2.34. The van der Waals surface area contributed by atoms with Gasteiger partial charge in [0.1, 0.15) is 5.82 Å². The molecule has 0 bridgehead atoms. The van der Waals surface area contributed by atoms with E-state index in [4.69, 9.17) is 9.98 Å². The highest BCUT2D eigenvalue weighted by molar-refractivity contribution is 6.07. The summed E-state index contributed by atoms with van der Waals surface area (Å²) in [5, 5.41) is 0. The van der Waals surface area contributed by atoms with E-state index < -0.39 is 0 Å². The van der Waals surface area contributed by atoms with Crippen molar-refractivity contribution in [1.82, 2.24) is 19.5 Å². The van der Waals surface area contributed by atoms with Crippen LogP contribution in [0.1, 0.15) is 139 Å². The molecule has 0 radical (unpaired) electrons. The van der Waals surface area contributed by atoms with Crippen molar-refractivity contribution in [1.29, 1.82) is 0 Å². The molecule has 0 atom stereocenters. The van der Waals surface area contributed by atoms with Gasteiger partial charge >= 0.3 is 0 Å². The SMILES string of the molecule is CC(C)(C)c1ccc(-c2nc3ccccc3n2-c2ccccc2)cc1.CC(C)(C)c1ccc(C2=Nc3ccccc3C2)cc1.CC(C)(C)c1ccc(C2=Nc3ncccc3C2)cc1.CC(C)(C)c1ccc(C2=Nc3ncccc3C2)cc1. The van der Waals surface area contributed by atoms with Crippen LogP contribution in [0.15, 0.2) is 228 Å². The number of imidazole rings is 1. The molecule has 7 heteroatoms. The van der Waals surface area contributed by atoms with Crippen molar-refractivity contribution in [3.8, 4) is 17.1 Å². The van der Waals surface area contributed by atoms with E-state index >= 15 is 0 Å². The maximum Gasteiger partial charge on any atom is 0.155 e. The first kappa shape index (κ1) is 56.6.